The lowest BCUT2D eigenvalue weighted by molar-refractivity contribution is 0.0977. The first-order valence-electron chi connectivity index (χ1n) is 12.2. The summed E-state index contributed by atoms with van der Waals surface area (Å²) < 4.78 is 35.3. The Labute approximate surface area is 222 Å². The van der Waals surface area contributed by atoms with Crippen LogP contribution in [0, 0.1) is 6.92 Å². The van der Waals surface area contributed by atoms with E-state index in [9.17, 15) is 18.0 Å². The van der Waals surface area contributed by atoms with Crippen molar-refractivity contribution in [3.05, 3.63) is 118 Å². The maximum Gasteiger partial charge on any atom is 0.262 e. The summed E-state index contributed by atoms with van der Waals surface area (Å²) in [5.74, 6) is -0.347. The average molecular weight is 526 g/mol. The SMILES string of the molecule is Cc1ccc(S(=O)(=O)Nc2ccc3c(c2Oc2ccc(C(C)(C)C)cc2)C(=O)c2ccccc2C3=O)cc1. The summed E-state index contributed by atoms with van der Waals surface area (Å²) in [7, 11) is -4.02. The zero-order valence-electron chi connectivity index (χ0n) is 21.5. The molecule has 1 N–H and O–H groups in total. The standard InChI is InChI=1S/C31H27NO5S/c1-19-9-15-22(16-10-19)38(35,36)32-26-18-17-25-27(29(34)24-8-6-5-7-23(24)28(25)33)30(26)37-21-13-11-20(12-14-21)31(2,3)4/h5-18,32H,1-4H3. The molecule has 0 heterocycles. The van der Waals surface area contributed by atoms with E-state index in [0.29, 0.717) is 11.3 Å². The molecule has 0 fully saturated rings. The fourth-order valence-corrected chi connectivity index (χ4v) is 5.47. The van der Waals surface area contributed by atoms with Crippen LogP contribution in [-0.2, 0) is 15.4 Å². The normalized spacial score (nSPS) is 13.1. The zero-order valence-corrected chi connectivity index (χ0v) is 22.3. The quantitative estimate of drug-likeness (QED) is 0.277. The predicted molar refractivity (Wildman–Crippen MR) is 147 cm³/mol. The molecule has 7 heteroatoms. The number of carbonyl (C=O) groups is 2. The van der Waals surface area contributed by atoms with Gasteiger partial charge in [0.05, 0.1) is 16.1 Å². The van der Waals surface area contributed by atoms with Gasteiger partial charge in [-0.3, -0.25) is 14.3 Å². The van der Waals surface area contributed by atoms with Crippen molar-refractivity contribution in [1.29, 1.82) is 0 Å². The Bertz CT molecular complexity index is 1680. The summed E-state index contributed by atoms with van der Waals surface area (Å²) in [5, 5.41) is 0. The van der Waals surface area contributed by atoms with Gasteiger partial charge in [-0.1, -0.05) is 74.9 Å². The first-order chi connectivity index (χ1) is 18.0. The monoisotopic (exact) mass is 525 g/mol. The van der Waals surface area contributed by atoms with Crippen molar-refractivity contribution in [2.24, 2.45) is 0 Å². The summed E-state index contributed by atoms with van der Waals surface area (Å²) in [6, 6.07) is 23.3. The lowest BCUT2D eigenvalue weighted by Gasteiger charge is -2.23. The van der Waals surface area contributed by atoms with Crippen molar-refractivity contribution < 1.29 is 22.7 Å². The fourth-order valence-electron chi connectivity index (χ4n) is 4.40. The zero-order chi connectivity index (χ0) is 27.2. The molecular weight excluding hydrogens is 498 g/mol. The molecular formula is C31H27NO5S. The third-order valence-electron chi connectivity index (χ3n) is 6.56. The Morgan fingerprint density at radius 1 is 0.711 bits per heavy atom. The summed E-state index contributed by atoms with van der Waals surface area (Å²) in [5.41, 5.74) is 2.72. The van der Waals surface area contributed by atoms with E-state index >= 15 is 0 Å². The number of ketones is 2. The minimum Gasteiger partial charge on any atom is -0.454 e. The Morgan fingerprint density at radius 3 is 1.92 bits per heavy atom. The molecule has 0 amide bonds. The average Bonchev–Trinajstić information content (AvgIpc) is 2.88. The number of sulfonamides is 1. The van der Waals surface area contributed by atoms with Gasteiger partial charge in [0.15, 0.2) is 17.3 Å². The lowest BCUT2D eigenvalue weighted by atomic mass is 9.83. The van der Waals surface area contributed by atoms with Gasteiger partial charge in [-0.25, -0.2) is 8.42 Å². The second kappa shape index (κ2) is 9.26. The molecule has 6 nitrogen and oxygen atoms in total. The highest BCUT2D eigenvalue weighted by atomic mass is 32.2. The van der Waals surface area contributed by atoms with Crippen LogP contribution in [-0.4, -0.2) is 20.0 Å². The molecule has 0 saturated heterocycles. The van der Waals surface area contributed by atoms with Crippen LogP contribution in [0.4, 0.5) is 5.69 Å². The Morgan fingerprint density at radius 2 is 1.32 bits per heavy atom. The largest absolute Gasteiger partial charge is 0.454 e. The van der Waals surface area contributed by atoms with Gasteiger partial charge >= 0.3 is 0 Å². The maximum absolute atomic E-state index is 13.7. The van der Waals surface area contributed by atoms with E-state index in [2.05, 4.69) is 25.5 Å². The van der Waals surface area contributed by atoms with Gasteiger partial charge in [0, 0.05) is 16.7 Å². The molecule has 0 unspecified atom stereocenters. The van der Waals surface area contributed by atoms with Crippen LogP contribution in [0.15, 0.2) is 89.8 Å². The first kappa shape index (κ1) is 25.4. The number of hydrogen-bond donors (Lipinski definition) is 1. The van der Waals surface area contributed by atoms with Crippen molar-refractivity contribution in [2.75, 3.05) is 4.72 Å². The maximum atomic E-state index is 13.7. The Hall–Kier alpha value is -4.23. The second-order valence-corrected chi connectivity index (χ2v) is 12.0. The second-order valence-electron chi connectivity index (χ2n) is 10.4. The highest BCUT2D eigenvalue weighted by Gasteiger charge is 2.34. The number of hydrogen-bond acceptors (Lipinski definition) is 5. The molecule has 0 radical (unpaired) electrons. The van der Waals surface area contributed by atoms with Gasteiger partial charge in [0.2, 0.25) is 0 Å². The first-order valence-corrected chi connectivity index (χ1v) is 13.7. The van der Waals surface area contributed by atoms with Gasteiger partial charge in [-0.2, -0.15) is 0 Å². The number of fused-ring (bicyclic) bond motifs is 2. The van der Waals surface area contributed by atoms with Crippen molar-refractivity contribution in [2.45, 2.75) is 38.0 Å². The summed E-state index contributed by atoms with van der Waals surface area (Å²) in [6.45, 7) is 8.15. The summed E-state index contributed by atoms with van der Waals surface area (Å²) >= 11 is 0. The lowest BCUT2D eigenvalue weighted by Crippen LogP contribution is -2.23. The van der Waals surface area contributed by atoms with E-state index in [1.807, 2.05) is 19.1 Å². The molecule has 0 atom stereocenters. The third kappa shape index (κ3) is 4.61. The van der Waals surface area contributed by atoms with E-state index in [1.165, 1.54) is 24.3 Å². The molecule has 0 bridgehead atoms. The van der Waals surface area contributed by atoms with Crippen LogP contribution < -0.4 is 9.46 Å². The van der Waals surface area contributed by atoms with Gasteiger partial charge in [0.1, 0.15) is 5.75 Å². The van der Waals surface area contributed by atoms with E-state index in [1.54, 1.807) is 48.5 Å². The number of aryl methyl sites for hydroxylation is 1. The molecule has 0 spiro atoms. The van der Waals surface area contributed by atoms with Crippen LogP contribution in [0.3, 0.4) is 0 Å². The van der Waals surface area contributed by atoms with Crippen LogP contribution in [0.5, 0.6) is 11.5 Å². The Balaban J connectivity index is 1.65. The van der Waals surface area contributed by atoms with Crippen molar-refractivity contribution in [1.82, 2.24) is 0 Å². The minimum absolute atomic E-state index is 0.0189. The highest BCUT2D eigenvalue weighted by Crippen LogP contribution is 2.41. The molecule has 192 valence electrons. The topological polar surface area (TPSA) is 89.5 Å². The van der Waals surface area contributed by atoms with Crippen LogP contribution >= 0.6 is 0 Å². The summed E-state index contributed by atoms with van der Waals surface area (Å²) in [6.07, 6.45) is 0. The van der Waals surface area contributed by atoms with Crippen LogP contribution in [0.25, 0.3) is 0 Å². The highest BCUT2D eigenvalue weighted by molar-refractivity contribution is 7.92. The molecule has 38 heavy (non-hydrogen) atoms. The van der Waals surface area contributed by atoms with E-state index in [-0.39, 0.29) is 44.2 Å². The Kier molecular flexibility index (Phi) is 6.19. The van der Waals surface area contributed by atoms with E-state index in [4.69, 9.17) is 4.74 Å². The summed E-state index contributed by atoms with van der Waals surface area (Å²) in [4.78, 5) is 27.0. The molecule has 1 aliphatic rings. The number of benzene rings is 4. The van der Waals surface area contributed by atoms with Crippen molar-refractivity contribution in [3.63, 3.8) is 0 Å². The number of nitrogens with one attached hydrogen (secondary N) is 1. The molecule has 1 aliphatic carbocycles. The molecule has 4 aromatic rings. The van der Waals surface area contributed by atoms with Crippen molar-refractivity contribution >= 4 is 27.3 Å². The van der Waals surface area contributed by atoms with Gasteiger partial charge in [-0.15, -0.1) is 0 Å². The smallest absolute Gasteiger partial charge is 0.262 e. The number of carbonyl (C=O) groups excluding carboxylic acids is 2. The van der Waals surface area contributed by atoms with Gasteiger partial charge < -0.3 is 4.74 Å². The van der Waals surface area contributed by atoms with Crippen LogP contribution in [0.1, 0.15) is 63.7 Å². The van der Waals surface area contributed by atoms with Gasteiger partial charge in [-0.05, 0) is 54.3 Å². The molecule has 5 rings (SSSR count). The molecule has 0 aliphatic heterocycles. The number of rotatable bonds is 5. The van der Waals surface area contributed by atoms with E-state index < -0.39 is 15.8 Å². The molecule has 0 aromatic heterocycles. The fraction of sp³-hybridized carbons (Fsp3) is 0.161. The minimum atomic E-state index is -4.02. The third-order valence-corrected chi connectivity index (χ3v) is 7.94. The molecule has 4 aromatic carbocycles. The predicted octanol–water partition coefficient (Wildman–Crippen LogP) is 6.66. The number of anilines is 1. The van der Waals surface area contributed by atoms with E-state index in [0.717, 1.165) is 11.1 Å². The van der Waals surface area contributed by atoms with Gasteiger partial charge in [0.25, 0.3) is 10.0 Å². The number of ether oxygens (including phenoxy) is 1. The van der Waals surface area contributed by atoms with Crippen LogP contribution in [0.2, 0.25) is 0 Å². The molecule has 0 saturated carbocycles. The van der Waals surface area contributed by atoms with Crippen molar-refractivity contribution in [3.8, 4) is 11.5 Å².